The van der Waals surface area contributed by atoms with Gasteiger partial charge in [0, 0.05) is 6.04 Å². The van der Waals surface area contributed by atoms with E-state index in [0.717, 1.165) is 30.3 Å². The first-order chi connectivity index (χ1) is 14.2. The van der Waals surface area contributed by atoms with E-state index in [4.69, 9.17) is 14.0 Å². The van der Waals surface area contributed by atoms with Gasteiger partial charge in [0.25, 0.3) is 0 Å². The Balaban J connectivity index is 1.37. The van der Waals surface area contributed by atoms with Crippen LogP contribution in [-0.4, -0.2) is 30.5 Å². The third-order valence-corrected chi connectivity index (χ3v) is 6.52. The molecule has 1 N–H and O–H groups in total. The first-order valence-electron chi connectivity index (χ1n) is 10.7. The lowest BCUT2D eigenvalue weighted by Gasteiger charge is -2.32. The van der Waals surface area contributed by atoms with Crippen molar-refractivity contribution < 1.29 is 18.8 Å². The smallest absolute Gasteiger partial charge is 0.445 e. The van der Waals surface area contributed by atoms with Gasteiger partial charge in [0.05, 0.1) is 11.2 Å². The summed E-state index contributed by atoms with van der Waals surface area (Å²) >= 11 is 0. The molecule has 0 radical (unpaired) electrons. The molecule has 1 aliphatic heterocycles. The monoisotopic (exact) mass is 407 g/mol. The number of amides is 1. The maximum atomic E-state index is 12.2. The minimum absolute atomic E-state index is 0.0642. The summed E-state index contributed by atoms with van der Waals surface area (Å²) in [6, 6.07) is 16.2. The van der Waals surface area contributed by atoms with E-state index in [2.05, 4.69) is 51.2 Å². The Morgan fingerprint density at radius 1 is 1.07 bits per heavy atom. The fraction of sp³-hybridized carbons (Fsp3) is 0.458. The molecule has 1 fully saturated rings. The first kappa shape index (κ1) is 20.9. The molecule has 0 saturated carbocycles. The highest BCUT2D eigenvalue weighted by Gasteiger charge is 2.51. The topological polar surface area (TPSA) is 56.8 Å². The number of hydrogen-bond acceptors (Lipinski definition) is 4. The van der Waals surface area contributed by atoms with Gasteiger partial charge < -0.3 is 19.4 Å². The lowest BCUT2D eigenvalue weighted by atomic mass is 9.75. The lowest BCUT2D eigenvalue weighted by Crippen LogP contribution is -2.41. The fourth-order valence-electron chi connectivity index (χ4n) is 3.96. The molecule has 0 spiro atoms. The van der Waals surface area contributed by atoms with Gasteiger partial charge in [-0.2, -0.15) is 0 Å². The van der Waals surface area contributed by atoms with Crippen LogP contribution in [0, 0.1) is 0 Å². The molecule has 2 aliphatic rings. The number of fused-ring (bicyclic) bond motifs is 1. The van der Waals surface area contributed by atoms with Crippen molar-refractivity contribution in [3.05, 3.63) is 65.2 Å². The van der Waals surface area contributed by atoms with Crippen LogP contribution in [0.2, 0.25) is 0 Å². The predicted octanol–water partition coefficient (Wildman–Crippen LogP) is 3.77. The van der Waals surface area contributed by atoms with Crippen LogP contribution in [0.1, 0.15) is 50.8 Å². The molecule has 4 rings (SSSR count). The average molecular weight is 407 g/mol. The number of nitrogens with one attached hydrogen (secondary N) is 1. The van der Waals surface area contributed by atoms with Gasteiger partial charge in [0.15, 0.2) is 0 Å². The number of benzene rings is 2. The number of carbonyl (C=O) groups is 1. The zero-order chi connectivity index (χ0) is 21.4. The SMILES string of the molecule is CC1(C)OB(c2ccc3c(c2)C[C@@H](NC(=O)OCc2ccccc2)CC3)OC1(C)C. The van der Waals surface area contributed by atoms with E-state index >= 15 is 0 Å². The Hall–Kier alpha value is -2.31. The zero-order valence-corrected chi connectivity index (χ0v) is 18.2. The van der Waals surface area contributed by atoms with Crippen molar-refractivity contribution in [1.82, 2.24) is 5.32 Å². The second kappa shape index (κ2) is 8.08. The second-order valence-corrected chi connectivity index (χ2v) is 9.26. The molecule has 2 aromatic rings. The summed E-state index contributed by atoms with van der Waals surface area (Å²) in [6.07, 6.45) is 2.25. The third-order valence-electron chi connectivity index (χ3n) is 6.52. The summed E-state index contributed by atoms with van der Waals surface area (Å²) in [5, 5.41) is 3.02. The van der Waals surface area contributed by atoms with Crippen molar-refractivity contribution >= 4 is 18.7 Å². The van der Waals surface area contributed by atoms with Gasteiger partial charge in [-0.1, -0.05) is 48.5 Å². The Morgan fingerprint density at radius 2 is 1.77 bits per heavy atom. The van der Waals surface area contributed by atoms with Crippen LogP contribution in [0.3, 0.4) is 0 Å². The predicted molar refractivity (Wildman–Crippen MR) is 118 cm³/mol. The molecule has 1 heterocycles. The molecule has 30 heavy (non-hydrogen) atoms. The standard InChI is InChI=1S/C24H30BNO4/c1-23(2)24(3,4)30-25(29-23)20-12-10-18-11-13-21(15-19(18)14-20)26-22(27)28-16-17-8-6-5-7-9-17/h5-10,12,14,21H,11,13,15-16H2,1-4H3,(H,26,27)/t21-/m0/s1. The van der Waals surface area contributed by atoms with Crippen molar-refractivity contribution in [3.63, 3.8) is 0 Å². The largest absolute Gasteiger partial charge is 0.494 e. The molecule has 2 aromatic carbocycles. The van der Waals surface area contributed by atoms with Gasteiger partial charge in [-0.3, -0.25) is 0 Å². The van der Waals surface area contributed by atoms with E-state index in [1.54, 1.807) is 0 Å². The molecule has 1 atom stereocenters. The second-order valence-electron chi connectivity index (χ2n) is 9.26. The number of carbonyl (C=O) groups excluding carboxylic acids is 1. The third kappa shape index (κ3) is 4.40. The van der Waals surface area contributed by atoms with Crippen LogP contribution in [-0.2, 0) is 33.5 Å². The number of hydrogen-bond donors (Lipinski definition) is 1. The minimum Gasteiger partial charge on any atom is -0.445 e. The molecule has 0 bridgehead atoms. The Bertz CT molecular complexity index is 897. The minimum atomic E-state index is -0.371. The molecular formula is C24H30BNO4. The van der Waals surface area contributed by atoms with Crippen LogP contribution in [0.4, 0.5) is 4.79 Å². The number of rotatable bonds is 4. The highest BCUT2D eigenvalue weighted by atomic mass is 16.7. The van der Waals surface area contributed by atoms with E-state index in [1.807, 2.05) is 30.3 Å². The van der Waals surface area contributed by atoms with Gasteiger partial charge in [-0.15, -0.1) is 0 Å². The van der Waals surface area contributed by atoms with Gasteiger partial charge in [-0.25, -0.2) is 4.79 Å². The summed E-state index contributed by atoms with van der Waals surface area (Å²) in [6.45, 7) is 8.53. The van der Waals surface area contributed by atoms with Gasteiger partial charge in [0.2, 0.25) is 0 Å². The molecular weight excluding hydrogens is 377 g/mol. The van der Waals surface area contributed by atoms with E-state index in [9.17, 15) is 4.79 Å². The number of aryl methyl sites for hydroxylation is 1. The molecule has 5 nitrogen and oxygen atoms in total. The molecule has 158 valence electrons. The highest BCUT2D eigenvalue weighted by Crippen LogP contribution is 2.36. The lowest BCUT2D eigenvalue weighted by molar-refractivity contribution is 0.00578. The van der Waals surface area contributed by atoms with Crippen LogP contribution in [0.5, 0.6) is 0 Å². The molecule has 0 aromatic heterocycles. The maximum Gasteiger partial charge on any atom is 0.494 e. The van der Waals surface area contributed by atoms with Crippen LogP contribution in [0.25, 0.3) is 0 Å². The van der Waals surface area contributed by atoms with Crippen LogP contribution < -0.4 is 10.8 Å². The summed E-state index contributed by atoms with van der Waals surface area (Å²) in [4.78, 5) is 12.2. The Kier molecular flexibility index (Phi) is 5.64. The van der Waals surface area contributed by atoms with Crippen molar-refractivity contribution in [2.75, 3.05) is 0 Å². The summed E-state index contributed by atoms with van der Waals surface area (Å²) < 4.78 is 17.8. The van der Waals surface area contributed by atoms with E-state index in [1.165, 1.54) is 11.1 Å². The van der Waals surface area contributed by atoms with Crippen molar-refractivity contribution in [1.29, 1.82) is 0 Å². The Morgan fingerprint density at radius 3 is 2.47 bits per heavy atom. The summed E-state index contributed by atoms with van der Waals surface area (Å²) in [5.74, 6) is 0. The maximum absolute atomic E-state index is 12.2. The first-order valence-corrected chi connectivity index (χ1v) is 10.7. The van der Waals surface area contributed by atoms with Crippen molar-refractivity contribution in [3.8, 4) is 0 Å². The summed E-state index contributed by atoms with van der Waals surface area (Å²) in [5.41, 5.74) is 3.85. The fourth-order valence-corrected chi connectivity index (χ4v) is 3.96. The Labute approximate surface area is 179 Å². The average Bonchev–Trinajstić information content (AvgIpc) is 2.94. The highest BCUT2D eigenvalue weighted by molar-refractivity contribution is 6.62. The van der Waals surface area contributed by atoms with E-state index in [-0.39, 0.29) is 37.1 Å². The normalized spacial score (nSPS) is 21.7. The van der Waals surface area contributed by atoms with Crippen LogP contribution >= 0.6 is 0 Å². The van der Waals surface area contributed by atoms with Crippen molar-refractivity contribution in [2.24, 2.45) is 0 Å². The van der Waals surface area contributed by atoms with E-state index < -0.39 is 0 Å². The molecule has 1 saturated heterocycles. The molecule has 6 heteroatoms. The molecule has 0 unspecified atom stereocenters. The number of ether oxygens (including phenoxy) is 1. The van der Waals surface area contributed by atoms with Crippen LogP contribution in [0.15, 0.2) is 48.5 Å². The zero-order valence-electron chi connectivity index (χ0n) is 18.2. The number of alkyl carbamates (subject to hydrolysis) is 1. The van der Waals surface area contributed by atoms with E-state index in [0.29, 0.717) is 0 Å². The van der Waals surface area contributed by atoms with Gasteiger partial charge in [-0.05, 0) is 69.1 Å². The van der Waals surface area contributed by atoms with Gasteiger partial charge in [0.1, 0.15) is 6.61 Å². The van der Waals surface area contributed by atoms with Crippen molar-refractivity contribution in [2.45, 2.75) is 70.8 Å². The van der Waals surface area contributed by atoms with Gasteiger partial charge >= 0.3 is 13.2 Å². The molecule has 1 aliphatic carbocycles. The summed E-state index contributed by atoms with van der Waals surface area (Å²) in [7, 11) is -0.371. The quantitative estimate of drug-likeness (QED) is 0.785. The molecule has 1 amide bonds.